The number of nitrogen functional groups attached to an aromatic ring is 1. The van der Waals surface area contributed by atoms with Crippen LogP contribution in [0.1, 0.15) is 15.9 Å². The zero-order valence-corrected chi connectivity index (χ0v) is 8.82. The van der Waals surface area contributed by atoms with Crippen LogP contribution >= 0.6 is 15.9 Å². The van der Waals surface area contributed by atoms with E-state index in [4.69, 9.17) is 11.5 Å². The van der Waals surface area contributed by atoms with E-state index in [1.54, 1.807) is 0 Å². The van der Waals surface area contributed by atoms with Crippen LogP contribution in [-0.2, 0) is 6.18 Å². The fourth-order valence-corrected chi connectivity index (χ4v) is 1.65. The first kappa shape index (κ1) is 11.8. The Labute approximate surface area is 91.4 Å². The second-order valence-corrected chi connectivity index (χ2v) is 3.55. The maximum Gasteiger partial charge on any atom is 0.418 e. The Kier molecular flexibility index (Phi) is 2.94. The number of primary amides is 1. The number of alkyl halides is 3. The second-order valence-electron chi connectivity index (χ2n) is 2.75. The summed E-state index contributed by atoms with van der Waals surface area (Å²) in [6, 6.07) is 2.13. The summed E-state index contributed by atoms with van der Waals surface area (Å²) in [4.78, 5) is 10.8. The van der Waals surface area contributed by atoms with Gasteiger partial charge in [-0.05, 0) is 28.1 Å². The highest BCUT2D eigenvalue weighted by Crippen LogP contribution is 2.39. The zero-order valence-electron chi connectivity index (χ0n) is 7.23. The molecule has 0 radical (unpaired) electrons. The molecule has 0 unspecified atom stereocenters. The first-order valence-electron chi connectivity index (χ1n) is 3.70. The van der Waals surface area contributed by atoms with Gasteiger partial charge in [-0.3, -0.25) is 4.79 Å². The minimum absolute atomic E-state index is 0.104. The van der Waals surface area contributed by atoms with E-state index in [0.717, 1.165) is 6.07 Å². The molecule has 0 bridgehead atoms. The van der Waals surface area contributed by atoms with Gasteiger partial charge in [-0.25, -0.2) is 0 Å². The monoisotopic (exact) mass is 282 g/mol. The third-order valence-electron chi connectivity index (χ3n) is 1.72. The molecule has 1 rings (SSSR count). The van der Waals surface area contributed by atoms with E-state index < -0.39 is 23.2 Å². The van der Waals surface area contributed by atoms with Crippen LogP contribution in [0, 0.1) is 0 Å². The lowest BCUT2D eigenvalue weighted by atomic mass is 10.1. The highest BCUT2D eigenvalue weighted by atomic mass is 79.9. The number of nitrogens with two attached hydrogens (primary N) is 2. The predicted octanol–water partition coefficient (Wildman–Crippen LogP) is 2.15. The number of hydrogen-bond donors (Lipinski definition) is 2. The molecule has 7 heteroatoms. The Morgan fingerprint density at radius 1 is 1.33 bits per heavy atom. The van der Waals surface area contributed by atoms with Gasteiger partial charge in [0.2, 0.25) is 5.91 Å². The number of hydrogen-bond acceptors (Lipinski definition) is 2. The van der Waals surface area contributed by atoms with E-state index in [-0.39, 0.29) is 10.2 Å². The van der Waals surface area contributed by atoms with Gasteiger partial charge in [-0.2, -0.15) is 13.2 Å². The van der Waals surface area contributed by atoms with Crippen LogP contribution in [0.3, 0.4) is 0 Å². The average molecular weight is 283 g/mol. The van der Waals surface area contributed by atoms with E-state index in [9.17, 15) is 18.0 Å². The summed E-state index contributed by atoms with van der Waals surface area (Å²) in [6.07, 6.45) is -4.68. The third kappa shape index (κ3) is 2.23. The third-order valence-corrected chi connectivity index (χ3v) is 2.58. The van der Waals surface area contributed by atoms with Crippen molar-refractivity contribution in [1.82, 2.24) is 0 Å². The summed E-state index contributed by atoms with van der Waals surface area (Å²) in [6.45, 7) is 0. The highest BCUT2D eigenvalue weighted by molar-refractivity contribution is 9.10. The van der Waals surface area contributed by atoms with Crippen molar-refractivity contribution >= 4 is 27.5 Å². The molecule has 15 heavy (non-hydrogen) atoms. The van der Waals surface area contributed by atoms with E-state index in [1.165, 1.54) is 6.07 Å². The van der Waals surface area contributed by atoms with Crippen molar-refractivity contribution in [1.29, 1.82) is 0 Å². The van der Waals surface area contributed by atoms with Crippen molar-refractivity contribution in [2.75, 3.05) is 5.73 Å². The minimum atomic E-state index is -4.68. The first-order valence-corrected chi connectivity index (χ1v) is 4.49. The van der Waals surface area contributed by atoms with Crippen molar-refractivity contribution in [3.05, 3.63) is 27.7 Å². The number of carbonyl (C=O) groups excluding carboxylic acids is 1. The van der Waals surface area contributed by atoms with Crippen LogP contribution < -0.4 is 11.5 Å². The molecule has 0 aliphatic heterocycles. The summed E-state index contributed by atoms with van der Waals surface area (Å²) in [5.41, 5.74) is 8.26. The number of carbonyl (C=O) groups is 1. The normalized spacial score (nSPS) is 11.5. The number of benzene rings is 1. The maximum atomic E-state index is 12.6. The quantitative estimate of drug-likeness (QED) is 0.775. The molecule has 82 valence electrons. The molecule has 0 saturated carbocycles. The van der Waals surface area contributed by atoms with Crippen LogP contribution in [0.25, 0.3) is 0 Å². The lowest BCUT2D eigenvalue weighted by Gasteiger charge is -2.14. The van der Waals surface area contributed by atoms with E-state index in [0.29, 0.717) is 0 Å². The first-order chi connectivity index (χ1) is 6.75. The van der Waals surface area contributed by atoms with E-state index in [1.807, 2.05) is 0 Å². The number of anilines is 1. The molecule has 0 saturated heterocycles. The lowest BCUT2D eigenvalue weighted by Crippen LogP contribution is -2.19. The summed E-state index contributed by atoms with van der Waals surface area (Å²) in [5, 5.41) is 0. The molecule has 0 heterocycles. The van der Waals surface area contributed by atoms with Gasteiger partial charge in [0, 0.05) is 5.69 Å². The van der Waals surface area contributed by atoms with Crippen molar-refractivity contribution in [3.8, 4) is 0 Å². The molecule has 3 nitrogen and oxygen atoms in total. The van der Waals surface area contributed by atoms with Crippen molar-refractivity contribution in [3.63, 3.8) is 0 Å². The van der Waals surface area contributed by atoms with Crippen LogP contribution in [-0.4, -0.2) is 5.91 Å². The molecule has 4 N–H and O–H groups in total. The fraction of sp³-hybridized carbons (Fsp3) is 0.125. The molecule has 1 aromatic rings. The Morgan fingerprint density at radius 2 is 1.87 bits per heavy atom. The summed E-state index contributed by atoms with van der Waals surface area (Å²) in [5.74, 6) is -1.15. The van der Waals surface area contributed by atoms with Gasteiger partial charge in [0.1, 0.15) is 0 Å². The highest BCUT2D eigenvalue weighted by Gasteiger charge is 2.37. The molecular formula is C8H6BrF3N2O. The summed E-state index contributed by atoms with van der Waals surface area (Å²) >= 11 is 2.68. The van der Waals surface area contributed by atoms with Gasteiger partial charge in [0.25, 0.3) is 0 Å². The Hall–Kier alpha value is -1.24. The molecule has 1 aromatic carbocycles. The smallest absolute Gasteiger partial charge is 0.398 e. The molecule has 0 spiro atoms. The Bertz CT molecular complexity index is 417. The van der Waals surface area contributed by atoms with Crippen molar-refractivity contribution in [2.45, 2.75) is 6.18 Å². The molecule has 0 atom stereocenters. The standard InChI is InChI=1S/C8H6BrF3N2O/c9-6-4(13)2-1-3(7(14)15)5(6)8(10,11)12/h1-2H,13H2,(H2,14,15). The fourth-order valence-electron chi connectivity index (χ4n) is 1.07. The largest absolute Gasteiger partial charge is 0.418 e. The maximum absolute atomic E-state index is 12.6. The minimum Gasteiger partial charge on any atom is -0.398 e. The van der Waals surface area contributed by atoms with Crippen LogP contribution in [0.5, 0.6) is 0 Å². The number of halogens is 4. The molecule has 1 amide bonds. The molecule has 0 fully saturated rings. The van der Waals surface area contributed by atoms with Gasteiger partial charge in [0.05, 0.1) is 15.6 Å². The second kappa shape index (κ2) is 3.73. The van der Waals surface area contributed by atoms with Crippen LogP contribution in [0.15, 0.2) is 16.6 Å². The predicted molar refractivity (Wildman–Crippen MR) is 52.1 cm³/mol. The lowest BCUT2D eigenvalue weighted by molar-refractivity contribution is -0.138. The van der Waals surface area contributed by atoms with Gasteiger partial charge in [-0.15, -0.1) is 0 Å². The summed E-state index contributed by atoms with van der Waals surface area (Å²) in [7, 11) is 0. The SMILES string of the molecule is NC(=O)c1ccc(N)c(Br)c1C(F)(F)F. The molecule has 0 aliphatic carbocycles. The Morgan fingerprint density at radius 3 is 2.27 bits per heavy atom. The van der Waals surface area contributed by atoms with Crippen LogP contribution in [0.4, 0.5) is 18.9 Å². The average Bonchev–Trinajstić information content (AvgIpc) is 2.06. The zero-order chi connectivity index (χ0) is 11.8. The topological polar surface area (TPSA) is 69.1 Å². The summed E-state index contributed by atoms with van der Waals surface area (Å²) < 4.78 is 37.3. The number of rotatable bonds is 1. The Balaban J connectivity index is 3.57. The van der Waals surface area contributed by atoms with Gasteiger partial charge in [-0.1, -0.05) is 0 Å². The van der Waals surface area contributed by atoms with E-state index >= 15 is 0 Å². The molecule has 0 aliphatic rings. The number of amides is 1. The van der Waals surface area contributed by atoms with Crippen molar-refractivity contribution < 1.29 is 18.0 Å². The van der Waals surface area contributed by atoms with Gasteiger partial charge < -0.3 is 11.5 Å². The molecular weight excluding hydrogens is 277 g/mol. The van der Waals surface area contributed by atoms with E-state index in [2.05, 4.69) is 15.9 Å². The van der Waals surface area contributed by atoms with Crippen LogP contribution in [0.2, 0.25) is 0 Å². The molecule has 0 aromatic heterocycles. The van der Waals surface area contributed by atoms with Gasteiger partial charge in [0.15, 0.2) is 0 Å². The van der Waals surface area contributed by atoms with Gasteiger partial charge >= 0.3 is 6.18 Å². The van der Waals surface area contributed by atoms with Crippen molar-refractivity contribution in [2.24, 2.45) is 5.73 Å².